The molecule has 0 amide bonds. The van der Waals surface area contributed by atoms with Gasteiger partial charge in [-0.05, 0) is 84.8 Å². The molecule has 1 aromatic heterocycles. The summed E-state index contributed by atoms with van der Waals surface area (Å²) in [7, 11) is 1.67. The monoisotopic (exact) mass is 544 g/mol. The molecule has 0 aliphatic rings. The summed E-state index contributed by atoms with van der Waals surface area (Å²) < 4.78 is 12.5. The number of hydrogen-bond donors (Lipinski definition) is 0. The van der Waals surface area contributed by atoms with Gasteiger partial charge in [0.1, 0.15) is 5.75 Å². The van der Waals surface area contributed by atoms with Gasteiger partial charge in [0, 0.05) is 21.2 Å². The lowest BCUT2D eigenvalue weighted by Gasteiger charge is -2.17. The fourth-order valence-electron chi connectivity index (χ4n) is 4.51. The second-order valence-electron chi connectivity index (χ2n) is 8.96. The summed E-state index contributed by atoms with van der Waals surface area (Å²) in [6, 6.07) is 27.1. The van der Waals surface area contributed by atoms with E-state index in [4.69, 9.17) is 37.8 Å². The van der Waals surface area contributed by atoms with Crippen LogP contribution >= 0.6 is 23.2 Å². The highest BCUT2D eigenvalue weighted by molar-refractivity contribution is 6.35. The van der Waals surface area contributed by atoms with Crippen molar-refractivity contribution >= 4 is 39.9 Å². The number of fused-ring (bicyclic) bond motifs is 1. The van der Waals surface area contributed by atoms with Crippen molar-refractivity contribution in [1.82, 2.24) is 9.78 Å². The maximum Gasteiger partial charge on any atom is 0.338 e. The fraction of sp³-hybridized carbons (Fsp3) is 0.161. The zero-order valence-corrected chi connectivity index (χ0v) is 22.8. The van der Waals surface area contributed by atoms with Crippen LogP contribution in [0.1, 0.15) is 35.8 Å². The molecule has 0 aliphatic carbocycles. The van der Waals surface area contributed by atoms with Crippen LogP contribution in [0.2, 0.25) is 10.0 Å². The van der Waals surface area contributed by atoms with Crippen molar-refractivity contribution in [3.63, 3.8) is 0 Å². The molecule has 4 aromatic carbocycles. The first-order valence-corrected chi connectivity index (χ1v) is 13.0. The number of carbonyl (C=O) groups excluding carboxylic acids is 1. The minimum Gasteiger partial charge on any atom is -0.497 e. The smallest absolute Gasteiger partial charge is 0.338 e. The number of rotatable bonds is 7. The van der Waals surface area contributed by atoms with Gasteiger partial charge in [-0.1, -0.05) is 53.5 Å². The van der Waals surface area contributed by atoms with Crippen molar-refractivity contribution in [3.8, 4) is 28.3 Å². The average molecular weight is 545 g/mol. The van der Waals surface area contributed by atoms with E-state index in [1.807, 2.05) is 47.1 Å². The summed E-state index contributed by atoms with van der Waals surface area (Å²) in [5, 5.41) is 8.27. The number of carbonyl (C=O) groups is 1. The first-order chi connectivity index (χ1) is 18.4. The van der Waals surface area contributed by atoms with Crippen LogP contribution in [0.15, 0.2) is 84.9 Å². The first kappa shape index (κ1) is 25.8. The lowest BCUT2D eigenvalue weighted by Crippen LogP contribution is -2.11. The van der Waals surface area contributed by atoms with Crippen LogP contribution in [0.4, 0.5) is 0 Å². The summed E-state index contributed by atoms with van der Waals surface area (Å²) in [6.45, 7) is 4.21. The lowest BCUT2D eigenvalue weighted by atomic mass is 10.0. The number of aromatic nitrogens is 2. The van der Waals surface area contributed by atoms with Gasteiger partial charge in [0.05, 0.1) is 36.7 Å². The van der Waals surface area contributed by atoms with Gasteiger partial charge in [-0.2, -0.15) is 5.10 Å². The lowest BCUT2D eigenvalue weighted by molar-refractivity contribution is 0.0526. The van der Waals surface area contributed by atoms with Crippen LogP contribution in [0.5, 0.6) is 5.75 Å². The predicted molar refractivity (Wildman–Crippen MR) is 153 cm³/mol. The van der Waals surface area contributed by atoms with Gasteiger partial charge in [-0.25, -0.2) is 4.79 Å². The highest BCUT2D eigenvalue weighted by atomic mass is 35.5. The van der Waals surface area contributed by atoms with Crippen LogP contribution < -0.4 is 4.74 Å². The van der Waals surface area contributed by atoms with Crippen LogP contribution in [0.3, 0.4) is 0 Å². The molecule has 5 aromatic rings. The normalized spacial score (nSPS) is 11.9. The largest absolute Gasteiger partial charge is 0.497 e. The quantitative estimate of drug-likeness (QED) is 0.193. The summed E-state index contributed by atoms with van der Waals surface area (Å²) in [4.78, 5) is 12.1. The van der Waals surface area contributed by atoms with Crippen LogP contribution in [0.25, 0.3) is 33.3 Å². The van der Waals surface area contributed by atoms with E-state index in [1.54, 1.807) is 32.2 Å². The Morgan fingerprint density at radius 1 is 0.868 bits per heavy atom. The van der Waals surface area contributed by atoms with Crippen LogP contribution in [0, 0.1) is 0 Å². The molecule has 192 valence electrons. The van der Waals surface area contributed by atoms with Crippen molar-refractivity contribution in [2.75, 3.05) is 13.7 Å². The van der Waals surface area contributed by atoms with E-state index in [0.717, 1.165) is 44.6 Å². The number of methoxy groups -OCH3 is 1. The van der Waals surface area contributed by atoms with E-state index in [2.05, 4.69) is 31.2 Å². The molecule has 0 N–H and O–H groups in total. The molecule has 1 unspecified atom stereocenters. The molecule has 5 nitrogen and oxygen atoms in total. The fourth-order valence-corrected chi connectivity index (χ4v) is 5.04. The summed E-state index contributed by atoms with van der Waals surface area (Å²) >= 11 is 12.6. The third kappa shape index (κ3) is 5.26. The van der Waals surface area contributed by atoms with Crippen LogP contribution in [-0.2, 0) is 4.74 Å². The number of benzene rings is 4. The van der Waals surface area contributed by atoms with E-state index in [-0.39, 0.29) is 12.0 Å². The number of halogens is 2. The predicted octanol–water partition coefficient (Wildman–Crippen LogP) is 8.47. The minimum atomic E-state index is -0.334. The van der Waals surface area contributed by atoms with Gasteiger partial charge >= 0.3 is 5.97 Å². The second kappa shape index (κ2) is 10.9. The maximum atomic E-state index is 12.1. The summed E-state index contributed by atoms with van der Waals surface area (Å²) in [6.07, 6.45) is 0. The Kier molecular flexibility index (Phi) is 7.41. The maximum absolute atomic E-state index is 12.1. The van der Waals surface area contributed by atoms with E-state index >= 15 is 0 Å². The van der Waals surface area contributed by atoms with Crippen molar-refractivity contribution in [2.45, 2.75) is 19.9 Å². The molecular weight excluding hydrogens is 519 g/mol. The molecule has 5 rings (SSSR count). The zero-order chi connectivity index (χ0) is 26.8. The highest BCUT2D eigenvalue weighted by Gasteiger charge is 2.19. The molecular formula is C31H26Cl2N2O3. The first-order valence-electron chi connectivity index (χ1n) is 12.3. The summed E-state index contributed by atoms with van der Waals surface area (Å²) in [5.41, 5.74) is 5.07. The Bertz CT molecular complexity index is 1610. The number of hydrogen-bond acceptors (Lipinski definition) is 4. The van der Waals surface area contributed by atoms with Gasteiger partial charge in [0.25, 0.3) is 0 Å². The molecule has 0 fully saturated rings. The number of ether oxygens (including phenoxy) is 2. The van der Waals surface area contributed by atoms with Gasteiger partial charge in [-0.15, -0.1) is 0 Å². The third-order valence-electron chi connectivity index (χ3n) is 6.51. The Morgan fingerprint density at radius 2 is 1.55 bits per heavy atom. The van der Waals surface area contributed by atoms with Crippen molar-refractivity contribution < 1.29 is 14.3 Å². The second-order valence-corrected chi connectivity index (χ2v) is 9.84. The van der Waals surface area contributed by atoms with E-state index in [9.17, 15) is 4.79 Å². The van der Waals surface area contributed by atoms with Crippen molar-refractivity contribution in [3.05, 3.63) is 106 Å². The van der Waals surface area contributed by atoms with Crippen molar-refractivity contribution in [2.24, 2.45) is 0 Å². The van der Waals surface area contributed by atoms with E-state index in [1.165, 1.54) is 0 Å². The van der Waals surface area contributed by atoms with Gasteiger partial charge in [-0.3, -0.25) is 4.68 Å². The molecule has 0 saturated heterocycles. The van der Waals surface area contributed by atoms with Gasteiger partial charge in [0.15, 0.2) is 0 Å². The van der Waals surface area contributed by atoms with Gasteiger partial charge < -0.3 is 9.47 Å². The molecule has 1 heterocycles. The Hall–Kier alpha value is -3.80. The van der Waals surface area contributed by atoms with Gasteiger partial charge in [0.2, 0.25) is 0 Å². The third-order valence-corrected chi connectivity index (χ3v) is 6.94. The topological polar surface area (TPSA) is 53.4 Å². The Labute approximate surface area is 231 Å². The number of esters is 1. The summed E-state index contributed by atoms with van der Waals surface area (Å²) in [5.74, 6) is 0.481. The zero-order valence-electron chi connectivity index (χ0n) is 21.2. The Balaban J connectivity index is 1.61. The van der Waals surface area contributed by atoms with E-state index in [0.29, 0.717) is 22.2 Å². The molecule has 0 radical (unpaired) electrons. The molecule has 0 saturated carbocycles. The number of nitrogens with zero attached hydrogens (tertiary/aromatic N) is 2. The molecule has 1 atom stereocenters. The minimum absolute atomic E-state index is 0.129. The standard InChI is InChI=1S/C31H26Cl2N2O3/c1-4-38-31(36)21-7-5-20(6-8-21)19(2)35-30(18-29(34-35)25-14-26(32)17-27(33)15-25)24-10-9-23-16-28(37-3)12-11-22(23)13-24/h5-19H,4H2,1-3H3. The molecule has 38 heavy (non-hydrogen) atoms. The molecule has 0 spiro atoms. The molecule has 7 heteroatoms. The molecule has 0 bridgehead atoms. The highest BCUT2D eigenvalue weighted by Crippen LogP contribution is 2.35. The van der Waals surface area contributed by atoms with Crippen LogP contribution in [-0.4, -0.2) is 29.5 Å². The average Bonchev–Trinajstić information content (AvgIpc) is 3.37. The Morgan fingerprint density at radius 3 is 2.24 bits per heavy atom. The van der Waals surface area contributed by atoms with E-state index < -0.39 is 0 Å². The van der Waals surface area contributed by atoms with Crippen molar-refractivity contribution in [1.29, 1.82) is 0 Å². The molecule has 0 aliphatic heterocycles. The SMILES string of the molecule is CCOC(=O)c1ccc(C(C)n2nc(-c3cc(Cl)cc(Cl)c3)cc2-c2ccc3cc(OC)ccc3c2)cc1.